The maximum absolute atomic E-state index is 12.7. The summed E-state index contributed by atoms with van der Waals surface area (Å²) >= 11 is 0. The summed E-state index contributed by atoms with van der Waals surface area (Å²) in [6.45, 7) is 6.41. The fraction of sp³-hybridized carbons (Fsp3) is 0.471. The van der Waals surface area contributed by atoms with Crippen molar-refractivity contribution in [2.45, 2.75) is 44.7 Å². The van der Waals surface area contributed by atoms with Gasteiger partial charge in [-0.05, 0) is 56.9 Å². The van der Waals surface area contributed by atoms with Crippen LogP contribution in [0.3, 0.4) is 0 Å². The van der Waals surface area contributed by atoms with E-state index in [1.165, 1.54) is 36.2 Å². The zero-order valence-corrected chi connectivity index (χ0v) is 15.0. The summed E-state index contributed by atoms with van der Waals surface area (Å²) in [6.07, 6.45) is 5.15. The minimum absolute atomic E-state index is 0.188. The lowest BCUT2D eigenvalue weighted by molar-refractivity contribution is 0.558. The number of aromatic nitrogens is 2. The second-order valence-corrected chi connectivity index (χ2v) is 7.72. The molecule has 130 valence electrons. The summed E-state index contributed by atoms with van der Waals surface area (Å²) in [6, 6.07) is 7.31. The second-order valence-electron chi connectivity index (χ2n) is 6.09. The van der Waals surface area contributed by atoms with Crippen molar-refractivity contribution in [3.05, 3.63) is 36.0 Å². The van der Waals surface area contributed by atoms with E-state index in [0.29, 0.717) is 12.2 Å². The first-order valence-corrected chi connectivity index (χ1v) is 9.90. The first-order chi connectivity index (χ1) is 11.5. The van der Waals surface area contributed by atoms with E-state index in [4.69, 9.17) is 0 Å². The van der Waals surface area contributed by atoms with Crippen LogP contribution in [0, 0.1) is 6.92 Å². The molecule has 1 aliphatic heterocycles. The Morgan fingerprint density at radius 3 is 2.62 bits per heavy atom. The van der Waals surface area contributed by atoms with Gasteiger partial charge in [-0.25, -0.2) is 0 Å². The zero-order valence-electron chi connectivity index (χ0n) is 14.2. The Morgan fingerprint density at radius 1 is 1.17 bits per heavy atom. The molecule has 0 radical (unpaired) electrons. The Hall–Kier alpha value is -2.02. The summed E-state index contributed by atoms with van der Waals surface area (Å²) in [4.78, 5) is 2.34. The highest BCUT2D eigenvalue weighted by atomic mass is 32.2. The van der Waals surface area contributed by atoms with Crippen molar-refractivity contribution in [1.82, 2.24) is 9.78 Å². The number of benzene rings is 1. The van der Waals surface area contributed by atoms with Gasteiger partial charge in [-0.1, -0.05) is 6.07 Å². The largest absolute Gasteiger partial charge is 0.371 e. The van der Waals surface area contributed by atoms with Gasteiger partial charge in [0.1, 0.15) is 0 Å². The van der Waals surface area contributed by atoms with E-state index in [9.17, 15) is 8.42 Å². The molecule has 1 aromatic heterocycles. The molecule has 1 saturated heterocycles. The fourth-order valence-corrected chi connectivity index (χ4v) is 4.50. The molecule has 1 aromatic carbocycles. The molecule has 1 fully saturated rings. The minimum Gasteiger partial charge on any atom is -0.371 e. The molecule has 1 N–H and O–H groups in total. The summed E-state index contributed by atoms with van der Waals surface area (Å²) in [5.74, 6) is 0. The van der Waals surface area contributed by atoms with Crippen LogP contribution >= 0.6 is 0 Å². The van der Waals surface area contributed by atoms with Gasteiger partial charge in [0.05, 0.1) is 11.9 Å². The van der Waals surface area contributed by atoms with E-state index in [1.54, 1.807) is 0 Å². The normalized spacial score (nSPS) is 15.5. The van der Waals surface area contributed by atoms with Gasteiger partial charge >= 0.3 is 0 Å². The summed E-state index contributed by atoms with van der Waals surface area (Å²) in [5.41, 5.74) is 2.70. The number of aryl methyl sites for hydroxylation is 1. The maximum Gasteiger partial charge on any atom is 0.279 e. The van der Waals surface area contributed by atoms with Crippen LogP contribution in [0.5, 0.6) is 0 Å². The number of sulfonamides is 1. The third kappa shape index (κ3) is 3.26. The fourth-order valence-electron chi connectivity index (χ4n) is 3.19. The monoisotopic (exact) mass is 348 g/mol. The van der Waals surface area contributed by atoms with Gasteiger partial charge in [-0.2, -0.15) is 13.5 Å². The topological polar surface area (TPSA) is 67.2 Å². The highest BCUT2D eigenvalue weighted by Gasteiger charge is 2.21. The third-order valence-electron chi connectivity index (χ3n) is 4.50. The molecule has 0 saturated carbocycles. The van der Waals surface area contributed by atoms with Crippen LogP contribution in [-0.4, -0.2) is 31.3 Å². The highest BCUT2D eigenvalue weighted by molar-refractivity contribution is 7.92. The van der Waals surface area contributed by atoms with Crippen molar-refractivity contribution in [2.24, 2.45) is 0 Å². The Kier molecular flexibility index (Phi) is 4.80. The number of hydrogen-bond acceptors (Lipinski definition) is 4. The van der Waals surface area contributed by atoms with Crippen LogP contribution in [0.4, 0.5) is 11.4 Å². The van der Waals surface area contributed by atoms with E-state index < -0.39 is 10.0 Å². The lowest BCUT2D eigenvalue weighted by Crippen LogP contribution is -2.30. The van der Waals surface area contributed by atoms with Crippen LogP contribution < -0.4 is 9.62 Å². The van der Waals surface area contributed by atoms with Gasteiger partial charge < -0.3 is 4.90 Å². The molecule has 0 spiro atoms. The zero-order chi connectivity index (χ0) is 17.2. The molecule has 6 nitrogen and oxygen atoms in total. The average Bonchev–Trinajstić information content (AvgIpc) is 3.07. The van der Waals surface area contributed by atoms with E-state index in [1.807, 2.05) is 26.0 Å². The van der Waals surface area contributed by atoms with Crippen LogP contribution in [0.15, 0.2) is 35.5 Å². The molecule has 0 atom stereocenters. The van der Waals surface area contributed by atoms with Crippen molar-refractivity contribution in [3.8, 4) is 0 Å². The molecular weight excluding hydrogens is 324 g/mol. The summed E-state index contributed by atoms with van der Waals surface area (Å²) in [5, 5.41) is 4.23. The maximum atomic E-state index is 12.7. The van der Waals surface area contributed by atoms with Crippen LogP contribution in [0.1, 0.15) is 31.7 Å². The van der Waals surface area contributed by atoms with E-state index in [-0.39, 0.29) is 5.03 Å². The summed E-state index contributed by atoms with van der Waals surface area (Å²) < 4.78 is 29.6. The van der Waals surface area contributed by atoms with Gasteiger partial charge in [0, 0.05) is 25.3 Å². The molecular formula is C17H24N4O2S. The molecule has 2 heterocycles. The van der Waals surface area contributed by atoms with Crippen LogP contribution in [0.25, 0.3) is 0 Å². The molecule has 0 aliphatic carbocycles. The SMILES string of the molecule is CCn1nccc1S(=O)(=O)Nc1cccc(N2CCCCC2)c1C. The van der Waals surface area contributed by atoms with Gasteiger partial charge in [-0.15, -0.1) is 0 Å². The third-order valence-corrected chi connectivity index (χ3v) is 5.88. The minimum atomic E-state index is -3.65. The summed E-state index contributed by atoms with van der Waals surface area (Å²) in [7, 11) is -3.65. The molecule has 0 bridgehead atoms. The standard InChI is InChI=1S/C17H24N4O2S/c1-3-21-17(10-11-18-21)24(22,23)19-15-8-7-9-16(14(15)2)20-12-5-4-6-13-20/h7-11,19H,3-6,12-13H2,1-2H3. The van der Waals surface area contributed by atoms with Gasteiger partial charge in [-0.3, -0.25) is 9.40 Å². The average molecular weight is 348 g/mol. The Bertz CT molecular complexity index is 808. The van der Waals surface area contributed by atoms with Crippen LogP contribution in [0.2, 0.25) is 0 Å². The highest BCUT2D eigenvalue weighted by Crippen LogP contribution is 2.30. The molecule has 0 amide bonds. The Labute approximate surface area is 143 Å². The van der Waals surface area contributed by atoms with Gasteiger partial charge in [0.25, 0.3) is 10.0 Å². The van der Waals surface area contributed by atoms with Crippen molar-refractivity contribution in [3.63, 3.8) is 0 Å². The van der Waals surface area contributed by atoms with Crippen molar-refractivity contribution >= 4 is 21.4 Å². The Morgan fingerprint density at radius 2 is 1.92 bits per heavy atom. The molecule has 1 aliphatic rings. The first kappa shape index (κ1) is 16.8. The van der Waals surface area contributed by atoms with Crippen LogP contribution in [-0.2, 0) is 16.6 Å². The number of piperidine rings is 1. The Balaban J connectivity index is 1.90. The lowest BCUT2D eigenvalue weighted by Gasteiger charge is -2.30. The molecule has 0 unspecified atom stereocenters. The number of hydrogen-bond donors (Lipinski definition) is 1. The molecule has 24 heavy (non-hydrogen) atoms. The first-order valence-electron chi connectivity index (χ1n) is 8.42. The van der Waals surface area contributed by atoms with Gasteiger partial charge in [0.15, 0.2) is 5.03 Å². The van der Waals surface area contributed by atoms with E-state index >= 15 is 0 Å². The smallest absolute Gasteiger partial charge is 0.279 e. The molecule has 7 heteroatoms. The van der Waals surface area contributed by atoms with Gasteiger partial charge in [0.2, 0.25) is 0 Å². The number of anilines is 2. The predicted molar refractivity (Wildman–Crippen MR) is 96.0 cm³/mol. The van der Waals surface area contributed by atoms with E-state index in [2.05, 4.69) is 20.8 Å². The predicted octanol–water partition coefficient (Wildman–Crippen LogP) is 3.00. The number of rotatable bonds is 5. The quantitative estimate of drug-likeness (QED) is 0.902. The van der Waals surface area contributed by atoms with Crippen molar-refractivity contribution < 1.29 is 8.42 Å². The van der Waals surface area contributed by atoms with Crippen molar-refractivity contribution in [1.29, 1.82) is 0 Å². The number of nitrogens with zero attached hydrogens (tertiary/aromatic N) is 3. The van der Waals surface area contributed by atoms with E-state index in [0.717, 1.165) is 24.3 Å². The second kappa shape index (κ2) is 6.84. The lowest BCUT2D eigenvalue weighted by atomic mass is 10.1. The number of nitrogens with one attached hydrogen (secondary N) is 1. The molecule has 3 rings (SSSR count). The van der Waals surface area contributed by atoms with Crippen molar-refractivity contribution in [2.75, 3.05) is 22.7 Å². The molecule has 2 aromatic rings.